The number of rotatable bonds is 2. The van der Waals surface area contributed by atoms with Crippen LogP contribution < -0.4 is 10.2 Å². The zero-order chi connectivity index (χ0) is 25.1. The molecule has 0 aliphatic carbocycles. The smallest absolute Gasteiger partial charge is 0.410 e. The molecule has 0 saturated carbocycles. The van der Waals surface area contributed by atoms with E-state index in [1.54, 1.807) is 17.0 Å². The van der Waals surface area contributed by atoms with Crippen LogP contribution in [0, 0.1) is 11.8 Å². The Labute approximate surface area is 203 Å². The summed E-state index contributed by atoms with van der Waals surface area (Å²) >= 11 is 0. The van der Waals surface area contributed by atoms with Crippen LogP contribution in [-0.4, -0.2) is 77.3 Å². The van der Waals surface area contributed by atoms with Crippen molar-refractivity contribution in [1.82, 2.24) is 15.1 Å². The maximum atomic E-state index is 13.1. The van der Waals surface area contributed by atoms with Crippen molar-refractivity contribution in [3.05, 3.63) is 29.3 Å². The molecule has 1 unspecified atom stereocenters. The molecule has 3 atom stereocenters. The fourth-order valence-corrected chi connectivity index (χ4v) is 5.53. The molecule has 4 aliphatic heterocycles. The van der Waals surface area contributed by atoms with Gasteiger partial charge in [-0.1, -0.05) is 0 Å². The summed E-state index contributed by atoms with van der Waals surface area (Å²) in [5.74, 6) is -1.33. The normalized spacial score (nSPS) is 26.6. The Morgan fingerprint density at radius 1 is 0.971 bits per heavy atom. The minimum Gasteiger partial charge on any atom is -0.444 e. The number of fused-ring (bicyclic) bond motifs is 2. The van der Waals surface area contributed by atoms with Gasteiger partial charge in [0, 0.05) is 38.3 Å². The van der Waals surface area contributed by atoms with E-state index in [1.807, 2.05) is 26.8 Å². The van der Waals surface area contributed by atoms with Crippen molar-refractivity contribution >= 4 is 35.4 Å². The number of imide groups is 2. The first-order valence-corrected chi connectivity index (χ1v) is 12.1. The molecular weight excluding hydrogens is 452 g/mol. The standard InChI is InChI=1S/C25H30N4O6/c1-25(2,3)35-24(34)28-11-14-8-9-27(12-15(14)13-28)16-4-5-17-18(10-16)23(33)29(22(17)32)19-6-7-20(30)26-21(19)31/h4-5,10,14-15,19H,6-9,11-13H2,1-3H3,(H,26,30,31)/t14-,15-,19?/m1/s1. The first-order chi connectivity index (χ1) is 16.5. The molecule has 0 radical (unpaired) electrons. The molecule has 186 valence electrons. The quantitative estimate of drug-likeness (QED) is 0.639. The van der Waals surface area contributed by atoms with Gasteiger partial charge in [0.2, 0.25) is 11.8 Å². The topological polar surface area (TPSA) is 116 Å². The van der Waals surface area contributed by atoms with E-state index in [2.05, 4.69) is 10.2 Å². The van der Waals surface area contributed by atoms with Gasteiger partial charge >= 0.3 is 6.09 Å². The second-order valence-corrected chi connectivity index (χ2v) is 10.8. The monoisotopic (exact) mass is 482 g/mol. The number of anilines is 1. The van der Waals surface area contributed by atoms with Crippen molar-refractivity contribution in [3.63, 3.8) is 0 Å². The third kappa shape index (κ3) is 4.26. The number of carbonyl (C=O) groups excluding carboxylic acids is 5. The van der Waals surface area contributed by atoms with E-state index in [1.165, 1.54) is 0 Å². The molecule has 10 nitrogen and oxygen atoms in total. The Bertz CT molecular complexity index is 1130. The van der Waals surface area contributed by atoms with Crippen LogP contribution in [-0.2, 0) is 14.3 Å². The molecule has 1 aromatic rings. The van der Waals surface area contributed by atoms with E-state index in [0.717, 1.165) is 30.1 Å². The van der Waals surface area contributed by atoms with E-state index in [-0.39, 0.29) is 30.1 Å². The summed E-state index contributed by atoms with van der Waals surface area (Å²) in [4.78, 5) is 67.3. The van der Waals surface area contributed by atoms with Crippen molar-refractivity contribution < 1.29 is 28.7 Å². The largest absolute Gasteiger partial charge is 0.444 e. The molecule has 5 rings (SSSR count). The predicted octanol–water partition coefficient (Wildman–Crippen LogP) is 1.78. The van der Waals surface area contributed by atoms with Crippen LogP contribution in [0.15, 0.2) is 18.2 Å². The molecule has 3 fully saturated rings. The lowest BCUT2D eigenvalue weighted by Gasteiger charge is -2.36. The number of nitrogens with one attached hydrogen (secondary N) is 1. The van der Waals surface area contributed by atoms with Gasteiger partial charge in [-0.15, -0.1) is 0 Å². The number of likely N-dealkylation sites (tertiary alicyclic amines) is 1. The molecule has 4 heterocycles. The zero-order valence-corrected chi connectivity index (χ0v) is 20.2. The fraction of sp³-hybridized carbons (Fsp3) is 0.560. The Morgan fingerprint density at radius 2 is 1.69 bits per heavy atom. The summed E-state index contributed by atoms with van der Waals surface area (Å²) in [5.41, 5.74) is 0.855. The van der Waals surface area contributed by atoms with Gasteiger partial charge in [0.15, 0.2) is 0 Å². The van der Waals surface area contributed by atoms with Crippen molar-refractivity contribution in [3.8, 4) is 0 Å². The van der Waals surface area contributed by atoms with Gasteiger partial charge in [0.1, 0.15) is 11.6 Å². The number of hydrogen-bond donors (Lipinski definition) is 1. The summed E-state index contributed by atoms with van der Waals surface area (Å²) in [6.45, 7) is 8.40. The maximum Gasteiger partial charge on any atom is 0.410 e. The highest BCUT2D eigenvalue weighted by atomic mass is 16.6. The molecule has 0 aromatic heterocycles. The lowest BCUT2D eigenvalue weighted by atomic mass is 9.88. The van der Waals surface area contributed by atoms with E-state index in [0.29, 0.717) is 24.9 Å². The lowest BCUT2D eigenvalue weighted by molar-refractivity contribution is -0.136. The molecule has 0 bridgehead atoms. The minimum absolute atomic E-state index is 0.0890. The molecule has 0 spiro atoms. The highest BCUT2D eigenvalue weighted by Gasteiger charge is 2.45. The second kappa shape index (κ2) is 8.35. The third-order valence-electron chi connectivity index (χ3n) is 7.24. The molecule has 10 heteroatoms. The van der Waals surface area contributed by atoms with Crippen LogP contribution in [0.5, 0.6) is 0 Å². The van der Waals surface area contributed by atoms with Crippen LogP contribution in [0.1, 0.15) is 60.7 Å². The van der Waals surface area contributed by atoms with E-state index < -0.39 is 35.3 Å². The Morgan fingerprint density at radius 3 is 2.40 bits per heavy atom. The average molecular weight is 483 g/mol. The first-order valence-electron chi connectivity index (χ1n) is 12.1. The summed E-state index contributed by atoms with van der Waals surface area (Å²) in [6.07, 6.45) is 0.850. The van der Waals surface area contributed by atoms with E-state index in [9.17, 15) is 24.0 Å². The average Bonchev–Trinajstić information content (AvgIpc) is 3.32. The van der Waals surface area contributed by atoms with Crippen molar-refractivity contribution in [2.75, 3.05) is 31.1 Å². The minimum atomic E-state index is -0.975. The third-order valence-corrected chi connectivity index (χ3v) is 7.24. The van der Waals surface area contributed by atoms with Gasteiger partial charge in [-0.3, -0.25) is 29.4 Å². The number of carbonyl (C=O) groups is 5. The molecular formula is C25H30N4O6. The summed E-state index contributed by atoms with van der Waals surface area (Å²) in [7, 11) is 0. The van der Waals surface area contributed by atoms with Gasteiger partial charge in [-0.05, 0) is 63.6 Å². The number of benzene rings is 1. The fourth-order valence-electron chi connectivity index (χ4n) is 5.53. The van der Waals surface area contributed by atoms with Gasteiger partial charge in [0.25, 0.3) is 11.8 Å². The van der Waals surface area contributed by atoms with Gasteiger partial charge in [-0.25, -0.2) is 4.79 Å². The highest BCUT2D eigenvalue weighted by molar-refractivity contribution is 6.23. The van der Waals surface area contributed by atoms with Crippen LogP contribution >= 0.6 is 0 Å². The van der Waals surface area contributed by atoms with Gasteiger partial charge in [0.05, 0.1) is 11.1 Å². The zero-order valence-electron chi connectivity index (χ0n) is 20.2. The van der Waals surface area contributed by atoms with Crippen molar-refractivity contribution in [2.45, 2.75) is 51.7 Å². The predicted molar refractivity (Wildman–Crippen MR) is 125 cm³/mol. The SMILES string of the molecule is CC(C)(C)OC(=O)N1C[C@H]2CCN(c3ccc4c(c3)C(=O)N(C3CCC(=O)NC3=O)C4=O)C[C@@H]2C1. The Hall–Kier alpha value is -3.43. The molecule has 1 N–H and O–H groups in total. The van der Waals surface area contributed by atoms with Crippen molar-refractivity contribution in [1.29, 1.82) is 0 Å². The number of ether oxygens (including phenoxy) is 1. The number of nitrogens with zero attached hydrogens (tertiary/aromatic N) is 3. The molecule has 5 amide bonds. The number of hydrogen-bond acceptors (Lipinski definition) is 7. The molecule has 3 saturated heterocycles. The Balaban J connectivity index is 1.29. The second-order valence-electron chi connectivity index (χ2n) is 10.8. The van der Waals surface area contributed by atoms with Crippen LogP contribution in [0.25, 0.3) is 0 Å². The van der Waals surface area contributed by atoms with E-state index >= 15 is 0 Å². The lowest BCUT2D eigenvalue weighted by Crippen LogP contribution is -2.54. The highest BCUT2D eigenvalue weighted by Crippen LogP contribution is 2.36. The summed E-state index contributed by atoms with van der Waals surface area (Å²) in [6, 6.07) is 4.22. The van der Waals surface area contributed by atoms with Crippen LogP contribution in [0.3, 0.4) is 0 Å². The van der Waals surface area contributed by atoms with Gasteiger partial charge < -0.3 is 14.5 Å². The number of amides is 5. The van der Waals surface area contributed by atoms with E-state index in [4.69, 9.17) is 4.74 Å². The van der Waals surface area contributed by atoms with Gasteiger partial charge in [-0.2, -0.15) is 0 Å². The number of piperidine rings is 2. The Kier molecular flexibility index (Phi) is 5.56. The summed E-state index contributed by atoms with van der Waals surface area (Å²) in [5, 5.41) is 2.21. The molecule has 4 aliphatic rings. The van der Waals surface area contributed by atoms with Crippen LogP contribution in [0.4, 0.5) is 10.5 Å². The molecule has 1 aromatic carbocycles. The van der Waals surface area contributed by atoms with Crippen LogP contribution in [0.2, 0.25) is 0 Å². The molecule has 35 heavy (non-hydrogen) atoms. The first kappa shape index (κ1) is 23.3. The van der Waals surface area contributed by atoms with Crippen molar-refractivity contribution in [2.24, 2.45) is 11.8 Å². The summed E-state index contributed by atoms with van der Waals surface area (Å²) < 4.78 is 5.54. The maximum absolute atomic E-state index is 13.1.